The van der Waals surface area contributed by atoms with E-state index in [1.165, 1.54) is 6.07 Å². The highest BCUT2D eigenvalue weighted by Gasteiger charge is 2.19. The topological polar surface area (TPSA) is 78.4 Å². The van der Waals surface area contributed by atoms with Crippen LogP contribution in [0.15, 0.2) is 24.3 Å². The number of hydrogen-bond acceptors (Lipinski definition) is 2. The lowest BCUT2D eigenvalue weighted by molar-refractivity contribution is -0.139. The summed E-state index contributed by atoms with van der Waals surface area (Å²) in [5.41, 5.74) is 0.348. The largest absolute Gasteiger partial charge is 0.480 e. The minimum atomic E-state index is -1.10. The zero-order chi connectivity index (χ0) is 14.4. The molecule has 0 aliphatic heterocycles. The van der Waals surface area contributed by atoms with Gasteiger partial charge in [0.05, 0.1) is 6.04 Å². The Labute approximate surface area is 110 Å². The van der Waals surface area contributed by atoms with E-state index in [0.717, 1.165) is 0 Å². The van der Waals surface area contributed by atoms with Gasteiger partial charge in [0.25, 0.3) is 0 Å². The highest BCUT2D eigenvalue weighted by atomic mass is 19.1. The molecule has 2 amide bonds. The maximum Gasteiger partial charge on any atom is 0.326 e. The molecule has 0 spiro atoms. The average Bonchev–Trinajstić information content (AvgIpc) is 2.35. The van der Waals surface area contributed by atoms with E-state index in [-0.39, 0.29) is 6.42 Å². The first-order valence-electron chi connectivity index (χ1n) is 6.00. The maximum absolute atomic E-state index is 13.5. The number of amides is 2. The molecule has 0 aliphatic carbocycles. The Kier molecular flexibility index (Phi) is 5.29. The normalized spacial score (nSPS) is 13.4. The van der Waals surface area contributed by atoms with Crippen molar-refractivity contribution >= 4 is 12.0 Å². The van der Waals surface area contributed by atoms with E-state index >= 15 is 0 Å². The van der Waals surface area contributed by atoms with E-state index < -0.39 is 29.9 Å². The molecule has 0 heterocycles. The number of urea groups is 1. The van der Waals surface area contributed by atoms with Crippen molar-refractivity contribution in [2.75, 3.05) is 0 Å². The fourth-order valence-corrected chi connectivity index (χ4v) is 1.64. The number of carbonyl (C=O) groups is 2. The number of carboxylic acid groups (broad SMARTS) is 1. The molecular formula is C13H17FN2O3. The van der Waals surface area contributed by atoms with Crippen LogP contribution in [0.4, 0.5) is 9.18 Å². The molecule has 6 heteroatoms. The Morgan fingerprint density at radius 1 is 1.32 bits per heavy atom. The Balaban J connectivity index is 2.62. The second-order valence-electron chi connectivity index (χ2n) is 4.16. The molecule has 0 saturated heterocycles. The SMILES string of the molecule is CC[C@H](NC(=O)NC(C)c1ccccc1F)C(=O)O. The lowest BCUT2D eigenvalue weighted by Gasteiger charge is -2.18. The summed E-state index contributed by atoms with van der Waals surface area (Å²) < 4.78 is 13.5. The van der Waals surface area contributed by atoms with E-state index in [1.807, 2.05) is 0 Å². The summed E-state index contributed by atoms with van der Waals surface area (Å²) in [4.78, 5) is 22.4. The molecule has 1 rings (SSSR count). The summed E-state index contributed by atoms with van der Waals surface area (Å²) in [5.74, 6) is -1.52. The Morgan fingerprint density at radius 3 is 2.47 bits per heavy atom. The Morgan fingerprint density at radius 2 is 1.95 bits per heavy atom. The van der Waals surface area contributed by atoms with E-state index in [1.54, 1.807) is 32.0 Å². The van der Waals surface area contributed by atoms with E-state index in [9.17, 15) is 14.0 Å². The van der Waals surface area contributed by atoms with Gasteiger partial charge in [-0.2, -0.15) is 0 Å². The minimum absolute atomic E-state index is 0.275. The molecule has 5 nitrogen and oxygen atoms in total. The molecule has 2 atom stereocenters. The van der Waals surface area contributed by atoms with Crippen molar-refractivity contribution in [1.29, 1.82) is 0 Å². The molecule has 19 heavy (non-hydrogen) atoms. The first-order valence-corrected chi connectivity index (χ1v) is 6.00. The fourth-order valence-electron chi connectivity index (χ4n) is 1.64. The third-order valence-corrected chi connectivity index (χ3v) is 2.73. The lowest BCUT2D eigenvalue weighted by atomic mass is 10.1. The molecule has 0 aromatic heterocycles. The van der Waals surface area contributed by atoms with Crippen molar-refractivity contribution in [3.63, 3.8) is 0 Å². The summed E-state index contributed by atoms with van der Waals surface area (Å²) in [6.45, 7) is 3.28. The minimum Gasteiger partial charge on any atom is -0.480 e. The van der Waals surface area contributed by atoms with Gasteiger partial charge in [0.15, 0.2) is 0 Å². The Bertz CT molecular complexity index is 465. The van der Waals surface area contributed by atoms with Gasteiger partial charge in [-0.1, -0.05) is 25.1 Å². The molecule has 0 fully saturated rings. The first kappa shape index (κ1) is 14.9. The standard InChI is InChI=1S/C13H17FN2O3/c1-3-11(12(17)18)16-13(19)15-8(2)9-6-4-5-7-10(9)14/h4-8,11H,3H2,1-2H3,(H,17,18)(H2,15,16,19)/t8?,11-/m0/s1. The second-order valence-corrected chi connectivity index (χ2v) is 4.16. The van der Waals surface area contributed by atoms with Gasteiger partial charge in [0.2, 0.25) is 0 Å². The first-order chi connectivity index (χ1) is 8.95. The number of carboxylic acids is 1. The third kappa shape index (κ3) is 4.24. The van der Waals surface area contributed by atoms with Gasteiger partial charge in [0.1, 0.15) is 11.9 Å². The van der Waals surface area contributed by atoms with Crippen molar-refractivity contribution in [3.05, 3.63) is 35.6 Å². The van der Waals surface area contributed by atoms with Crippen molar-refractivity contribution in [3.8, 4) is 0 Å². The fraction of sp³-hybridized carbons (Fsp3) is 0.385. The summed E-state index contributed by atoms with van der Waals surface area (Å²) in [6.07, 6.45) is 0.275. The molecule has 104 valence electrons. The van der Waals surface area contributed by atoms with Crippen molar-refractivity contribution in [1.82, 2.24) is 10.6 Å². The number of benzene rings is 1. The van der Waals surface area contributed by atoms with Crippen LogP contribution in [0, 0.1) is 5.82 Å². The highest BCUT2D eigenvalue weighted by molar-refractivity contribution is 5.82. The molecule has 1 aromatic carbocycles. The number of rotatable bonds is 5. The van der Waals surface area contributed by atoms with Gasteiger partial charge in [-0.05, 0) is 19.4 Å². The molecule has 3 N–H and O–H groups in total. The summed E-state index contributed by atoms with van der Waals surface area (Å²) in [6, 6.07) is 3.96. The molecule has 0 bridgehead atoms. The molecule has 1 aromatic rings. The summed E-state index contributed by atoms with van der Waals surface area (Å²) in [5, 5.41) is 13.6. The van der Waals surface area contributed by atoms with Crippen LogP contribution < -0.4 is 10.6 Å². The van der Waals surface area contributed by atoms with Crippen LogP contribution in [0.3, 0.4) is 0 Å². The predicted octanol–water partition coefficient (Wildman–Crippen LogP) is 2.05. The number of halogens is 1. The van der Waals surface area contributed by atoms with Crippen LogP contribution in [0.1, 0.15) is 31.9 Å². The number of carbonyl (C=O) groups excluding carboxylic acids is 1. The molecule has 0 radical (unpaired) electrons. The van der Waals surface area contributed by atoms with Gasteiger partial charge < -0.3 is 15.7 Å². The number of nitrogens with one attached hydrogen (secondary N) is 2. The molecule has 0 saturated carbocycles. The third-order valence-electron chi connectivity index (χ3n) is 2.73. The van der Waals surface area contributed by atoms with Crippen molar-refractivity contribution in [2.24, 2.45) is 0 Å². The van der Waals surface area contributed by atoms with Crippen molar-refractivity contribution in [2.45, 2.75) is 32.4 Å². The quantitative estimate of drug-likeness (QED) is 0.764. The summed E-state index contributed by atoms with van der Waals surface area (Å²) in [7, 11) is 0. The van der Waals surface area contributed by atoms with Gasteiger partial charge >= 0.3 is 12.0 Å². The summed E-state index contributed by atoms with van der Waals surface area (Å²) >= 11 is 0. The van der Waals surface area contributed by atoms with Crippen LogP contribution in [-0.4, -0.2) is 23.1 Å². The van der Waals surface area contributed by atoms with Gasteiger partial charge in [-0.15, -0.1) is 0 Å². The molecular weight excluding hydrogens is 251 g/mol. The predicted molar refractivity (Wildman–Crippen MR) is 68.2 cm³/mol. The van der Waals surface area contributed by atoms with Crippen LogP contribution in [0.25, 0.3) is 0 Å². The Hall–Kier alpha value is -2.11. The second kappa shape index (κ2) is 6.72. The van der Waals surface area contributed by atoms with E-state index in [0.29, 0.717) is 5.56 Å². The number of hydrogen-bond donors (Lipinski definition) is 3. The van der Waals surface area contributed by atoms with Crippen LogP contribution in [0.5, 0.6) is 0 Å². The molecule has 0 aliphatic rings. The monoisotopic (exact) mass is 268 g/mol. The number of aliphatic carboxylic acids is 1. The van der Waals surface area contributed by atoms with Crippen LogP contribution >= 0.6 is 0 Å². The highest BCUT2D eigenvalue weighted by Crippen LogP contribution is 2.15. The van der Waals surface area contributed by atoms with Crippen molar-refractivity contribution < 1.29 is 19.1 Å². The lowest BCUT2D eigenvalue weighted by Crippen LogP contribution is -2.46. The van der Waals surface area contributed by atoms with Gasteiger partial charge in [-0.25, -0.2) is 14.0 Å². The zero-order valence-electron chi connectivity index (χ0n) is 10.8. The van der Waals surface area contributed by atoms with E-state index in [2.05, 4.69) is 10.6 Å². The van der Waals surface area contributed by atoms with Gasteiger partial charge in [0, 0.05) is 5.56 Å². The maximum atomic E-state index is 13.5. The van der Waals surface area contributed by atoms with Crippen LogP contribution in [0.2, 0.25) is 0 Å². The average molecular weight is 268 g/mol. The van der Waals surface area contributed by atoms with E-state index in [4.69, 9.17) is 5.11 Å². The zero-order valence-corrected chi connectivity index (χ0v) is 10.8. The van der Waals surface area contributed by atoms with Gasteiger partial charge in [-0.3, -0.25) is 0 Å². The molecule has 1 unspecified atom stereocenters. The van der Waals surface area contributed by atoms with Crippen LogP contribution in [-0.2, 0) is 4.79 Å². The smallest absolute Gasteiger partial charge is 0.326 e.